The van der Waals surface area contributed by atoms with Crippen molar-refractivity contribution in [2.24, 2.45) is 0 Å². The van der Waals surface area contributed by atoms with Crippen LogP contribution in [-0.4, -0.2) is 19.7 Å². The van der Waals surface area contributed by atoms with Crippen molar-refractivity contribution in [3.8, 4) is 11.5 Å². The molecule has 0 spiro atoms. The minimum Gasteiger partial charge on any atom is -0.490 e. The second-order valence-corrected chi connectivity index (χ2v) is 8.07. The van der Waals surface area contributed by atoms with Gasteiger partial charge >= 0.3 is 0 Å². The molecule has 29 heavy (non-hydrogen) atoms. The first-order valence-electron chi connectivity index (χ1n) is 10.5. The van der Waals surface area contributed by atoms with Gasteiger partial charge in [0.05, 0.1) is 5.69 Å². The summed E-state index contributed by atoms with van der Waals surface area (Å²) in [6, 6.07) is 21.8. The summed E-state index contributed by atoms with van der Waals surface area (Å²) in [5, 5.41) is 3.45. The third kappa shape index (κ3) is 3.00. The van der Waals surface area contributed by atoms with Crippen LogP contribution in [0.15, 0.2) is 60.7 Å². The molecule has 0 aromatic heterocycles. The Kier molecular flexibility index (Phi) is 3.89. The number of hydrogen-bond donors (Lipinski definition) is 1. The van der Waals surface area contributed by atoms with Crippen LogP contribution < -0.4 is 19.7 Å². The predicted molar refractivity (Wildman–Crippen MR) is 115 cm³/mol. The minimum absolute atomic E-state index is 0.123. The van der Waals surface area contributed by atoms with Crippen LogP contribution in [0.2, 0.25) is 0 Å². The van der Waals surface area contributed by atoms with Crippen molar-refractivity contribution >= 4 is 11.4 Å². The van der Waals surface area contributed by atoms with Crippen molar-refractivity contribution < 1.29 is 9.47 Å². The molecular weight excluding hydrogens is 360 g/mol. The van der Waals surface area contributed by atoms with Crippen molar-refractivity contribution in [1.82, 2.24) is 0 Å². The van der Waals surface area contributed by atoms with Gasteiger partial charge in [0.2, 0.25) is 0 Å². The summed E-state index contributed by atoms with van der Waals surface area (Å²) in [7, 11) is 0. The van der Waals surface area contributed by atoms with Crippen molar-refractivity contribution in [1.29, 1.82) is 0 Å². The van der Waals surface area contributed by atoms with Gasteiger partial charge in [0.1, 0.15) is 24.2 Å². The SMILES string of the molecule is c1ccc2c(c1)CC(c1ccc3c(c1)CN(c1ccc4c(c1)NCCO4)CC3)O2. The highest BCUT2D eigenvalue weighted by Crippen LogP contribution is 2.38. The first-order chi connectivity index (χ1) is 14.3. The third-order valence-electron chi connectivity index (χ3n) is 6.26. The molecule has 6 rings (SSSR count). The summed E-state index contributed by atoms with van der Waals surface area (Å²) in [5.74, 6) is 1.98. The predicted octanol–water partition coefficient (Wildman–Crippen LogP) is 4.73. The molecule has 1 unspecified atom stereocenters. The van der Waals surface area contributed by atoms with Gasteiger partial charge in [0, 0.05) is 31.7 Å². The van der Waals surface area contributed by atoms with Gasteiger partial charge in [-0.2, -0.15) is 0 Å². The first-order valence-corrected chi connectivity index (χ1v) is 10.5. The van der Waals surface area contributed by atoms with Gasteiger partial charge in [0.15, 0.2) is 0 Å². The van der Waals surface area contributed by atoms with E-state index in [-0.39, 0.29) is 6.10 Å². The van der Waals surface area contributed by atoms with Gasteiger partial charge in [-0.15, -0.1) is 0 Å². The van der Waals surface area contributed by atoms with Crippen LogP contribution in [0.4, 0.5) is 11.4 Å². The molecule has 4 nitrogen and oxygen atoms in total. The molecule has 0 radical (unpaired) electrons. The second-order valence-electron chi connectivity index (χ2n) is 8.07. The lowest BCUT2D eigenvalue weighted by atomic mass is 9.94. The first kappa shape index (κ1) is 16.8. The average Bonchev–Trinajstić information content (AvgIpc) is 3.22. The standard InChI is InChI=1S/C25H24N2O2/c1-2-4-23-18(3-1)14-25(29-23)19-6-5-17-9-11-27(16-20(17)13-19)21-7-8-24-22(15-21)26-10-12-28-24/h1-8,13,15,25-26H,9-12,14,16H2. The van der Waals surface area contributed by atoms with Gasteiger partial charge < -0.3 is 19.7 Å². The Morgan fingerprint density at radius 1 is 0.897 bits per heavy atom. The molecule has 3 aliphatic heterocycles. The van der Waals surface area contributed by atoms with Gasteiger partial charge in [-0.05, 0) is 52.9 Å². The van der Waals surface area contributed by atoms with Crippen LogP contribution in [0, 0.1) is 0 Å². The summed E-state index contributed by atoms with van der Waals surface area (Å²) in [5.41, 5.74) is 7.81. The molecule has 0 saturated heterocycles. The van der Waals surface area contributed by atoms with Gasteiger partial charge in [-0.1, -0.05) is 36.4 Å². The van der Waals surface area contributed by atoms with Crippen LogP contribution in [0.1, 0.15) is 28.4 Å². The lowest BCUT2D eigenvalue weighted by Crippen LogP contribution is -2.30. The second kappa shape index (κ2) is 6.73. The minimum atomic E-state index is 0.123. The van der Waals surface area contributed by atoms with Crippen LogP contribution >= 0.6 is 0 Å². The van der Waals surface area contributed by atoms with E-state index >= 15 is 0 Å². The number of nitrogens with zero attached hydrogens (tertiary/aromatic N) is 1. The molecule has 1 N–H and O–H groups in total. The Morgan fingerprint density at radius 3 is 2.83 bits per heavy atom. The number of fused-ring (bicyclic) bond motifs is 3. The molecule has 3 heterocycles. The van der Waals surface area contributed by atoms with Crippen molar-refractivity contribution in [2.45, 2.75) is 25.5 Å². The number of anilines is 2. The lowest BCUT2D eigenvalue weighted by molar-refractivity contribution is 0.238. The monoisotopic (exact) mass is 384 g/mol. The van der Waals surface area contributed by atoms with E-state index in [2.05, 4.69) is 64.8 Å². The smallest absolute Gasteiger partial charge is 0.142 e. The van der Waals surface area contributed by atoms with Crippen molar-refractivity contribution in [3.63, 3.8) is 0 Å². The Hall–Kier alpha value is -3.14. The molecule has 0 amide bonds. The van der Waals surface area contributed by atoms with Crippen LogP contribution in [0.3, 0.4) is 0 Å². The van der Waals surface area contributed by atoms with Gasteiger partial charge in [-0.25, -0.2) is 0 Å². The molecule has 3 aromatic rings. The van der Waals surface area contributed by atoms with E-state index in [1.54, 1.807) is 0 Å². The van der Waals surface area contributed by atoms with Crippen molar-refractivity contribution in [2.75, 3.05) is 29.9 Å². The van der Waals surface area contributed by atoms with E-state index < -0.39 is 0 Å². The van der Waals surface area contributed by atoms with Crippen LogP contribution in [0.5, 0.6) is 11.5 Å². The fourth-order valence-electron chi connectivity index (χ4n) is 4.69. The molecule has 1 atom stereocenters. The highest BCUT2D eigenvalue weighted by Gasteiger charge is 2.26. The Labute approximate surface area is 171 Å². The van der Waals surface area contributed by atoms with E-state index in [0.717, 1.165) is 56.3 Å². The van der Waals surface area contributed by atoms with E-state index in [0.29, 0.717) is 0 Å². The molecule has 0 bridgehead atoms. The zero-order chi connectivity index (χ0) is 19.2. The molecule has 0 fully saturated rings. The van der Waals surface area contributed by atoms with E-state index in [4.69, 9.17) is 9.47 Å². The van der Waals surface area contributed by atoms with E-state index in [1.807, 2.05) is 6.07 Å². The number of ether oxygens (including phenoxy) is 2. The molecule has 0 saturated carbocycles. The zero-order valence-electron chi connectivity index (χ0n) is 16.4. The number of hydrogen-bond acceptors (Lipinski definition) is 4. The summed E-state index contributed by atoms with van der Waals surface area (Å²) < 4.78 is 11.9. The number of benzene rings is 3. The fraction of sp³-hybridized carbons (Fsp3) is 0.280. The zero-order valence-corrected chi connectivity index (χ0v) is 16.4. The molecule has 3 aliphatic rings. The molecule has 3 aromatic carbocycles. The Balaban J connectivity index is 1.25. The highest BCUT2D eigenvalue weighted by molar-refractivity contribution is 5.67. The number of para-hydroxylation sites is 1. The van der Waals surface area contributed by atoms with Gasteiger partial charge in [0.25, 0.3) is 0 Å². The molecule has 4 heteroatoms. The molecule has 146 valence electrons. The number of rotatable bonds is 2. The number of nitrogens with one attached hydrogen (secondary N) is 1. The lowest BCUT2D eigenvalue weighted by Gasteiger charge is -2.32. The maximum Gasteiger partial charge on any atom is 0.142 e. The highest BCUT2D eigenvalue weighted by atomic mass is 16.5. The van der Waals surface area contributed by atoms with Crippen LogP contribution in [-0.2, 0) is 19.4 Å². The molecule has 0 aliphatic carbocycles. The quantitative estimate of drug-likeness (QED) is 0.693. The summed E-state index contributed by atoms with van der Waals surface area (Å²) in [4.78, 5) is 2.47. The van der Waals surface area contributed by atoms with Crippen molar-refractivity contribution in [3.05, 3.63) is 82.9 Å². The normalized spacial score (nSPS) is 19.3. The third-order valence-corrected chi connectivity index (χ3v) is 6.26. The summed E-state index contributed by atoms with van der Waals surface area (Å²) >= 11 is 0. The summed E-state index contributed by atoms with van der Waals surface area (Å²) in [6.07, 6.45) is 2.15. The van der Waals surface area contributed by atoms with Gasteiger partial charge in [-0.3, -0.25) is 0 Å². The topological polar surface area (TPSA) is 33.7 Å². The average molecular weight is 384 g/mol. The summed E-state index contributed by atoms with van der Waals surface area (Å²) in [6.45, 7) is 3.57. The maximum absolute atomic E-state index is 6.22. The largest absolute Gasteiger partial charge is 0.490 e. The Morgan fingerprint density at radius 2 is 1.86 bits per heavy atom. The van der Waals surface area contributed by atoms with Crippen LogP contribution in [0.25, 0.3) is 0 Å². The molecular formula is C25H24N2O2. The maximum atomic E-state index is 6.22. The fourth-order valence-corrected chi connectivity index (χ4v) is 4.69. The van der Waals surface area contributed by atoms with E-state index in [1.165, 1.54) is 27.9 Å². The Bertz CT molecular complexity index is 1050. The van der Waals surface area contributed by atoms with E-state index in [9.17, 15) is 0 Å².